The van der Waals surface area contributed by atoms with E-state index < -0.39 is 6.04 Å². The largest absolute Gasteiger partial charge is 0.350 e. The van der Waals surface area contributed by atoms with Gasteiger partial charge in [0, 0.05) is 11.0 Å². The van der Waals surface area contributed by atoms with Crippen LogP contribution in [0.4, 0.5) is 0 Å². The van der Waals surface area contributed by atoms with Gasteiger partial charge in [-0.2, -0.15) is 11.8 Å². The van der Waals surface area contributed by atoms with Gasteiger partial charge in [-0.05, 0) is 59.0 Å². The summed E-state index contributed by atoms with van der Waals surface area (Å²) in [7, 11) is 0. The van der Waals surface area contributed by atoms with Crippen LogP contribution in [0.2, 0.25) is 0 Å². The van der Waals surface area contributed by atoms with Gasteiger partial charge in [-0.1, -0.05) is 42.0 Å². The van der Waals surface area contributed by atoms with E-state index in [-0.39, 0.29) is 11.8 Å². The molecule has 0 radical (unpaired) electrons. The number of nitrogens with one attached hydrogen (secondary N) is 2. The second-order valence-corrected chi connectivity index (χ2v) is 7.83. The lowest BCUT2D eigenvalue weighted by Crippen LogP contribution is -2.47. The zero-order valence-electron chi connectivity index (χ0n) is 14.9. The molecule has 1 atom stereocenters. The average Bonchev–Trinajstić information content (AvgIpc) is 2.64. The Morgan fingerprint density at radius 1 is 1.12 bits per heavy atom. The number of hydrogen-bond donors (Lipinski definition) is 2. The van der Waals surface area contributed by atoms with Crippen LogP contribution in [0.1, 0.15) is 27.9 Å². The summed E-state index contributed by atoms with van der Waals surface area (Å²) in [5.41, 5.74) is 2.73. The molecule has 0 unspecified atom stereocenters. The zero-order valence-corrected chi connectivity index (χ0v) is 17.3. The van der Waals surface area contributed by atoms with E-state index in [1.165, 1.54) is 5.56 Å². The molecule has 2 amide bonds. The molecule has 0 aromatic heterocycles. The Morgan fingerprint density at radius 2 is 1.81 bits per heavy atom. The van der Waals surface area contributed by atoms with Crippen molar-refractivity contribution in [2.45, 2.75) is 25.9 Å². The normalized spacial score (nSPS) is 11.7. The maximum atomic E-state index is 12.6. The molecule has 2 aromatic carbocycles. The maximum Gasteiger partial charge on any atom is 0.253 e. The van der Waals surface area contributed by atoms with E-state index in [9.17, 15) is 9.59 Å². The van der Waals surface area contributed by atoms with Gasteiger partial charge in [0.1, 0.15) is 6.04 Å². The summed E-state index contributed by atoms with van der Waals surface area (Å²) in [5, 5.41) is 5.78. The number of rotatable bonds is 8. The summed E-state index contributed by atoms with van der Waals surface area (Å²) < 4.78 is 0.709. The summed E-state index contributed by atoms with van der Waals surface area (Å²) >= 11 is 5.03. The molecule has 0 aliphatic heterocycles. The van der Waals surface area contributed by atoms with Gasteiger partial charge >= 0.3 is 0 Å². The van der Waals surface area contributed by atoms with Gasteiger partial charge in [0.2, 0.25) is 5.91 Å². The van der Waals surface area contributed by atoms with Gasteiger partial charge in [0.15, 0.2) is 0 Å². The van der Waals surface area contributed by atoms with Crippen LogP contribution in [0.5, 0.6) is 0 Å². The van der Waals surface area contributed by atoms with Crippen molar-refractivity contribution < 1.29 is 9.59 Å². The third-order valence-corrected chi connectivity index (χ3v) is 5.27. The fourth-order valence-corrected chi connectivity index (χ4v) is 3.34. The lowest BCUT2D eigenvalue weighted by Gasteiger charge is -2.18. The Morgan fingerprint density at radius 3 is 2.46 bits per heavy atom. The molecule has 0 aliphatic rings. The number of halogens is 1. The van der Waals surface area contributed by atoms with Crippen molar-refractivity contribution in [3.05, 3.63) is 69.7 Å². The molecule has 26 heavy (non-hydrogen) atoms. The van der Waals surface area contributed by atoms with Crippen molar-refractivity contribution in [3.63, 3.8) is 0 Å². The van der Waals surface area contributed by atoms with Crippen molar-refractivity contribution in [3.8, 4) is 0 Å². The van der Waals surface area contributed by atoms with Crippen LogP contribution in [0, 0.1) is 6.92 Å². The van der Waals surface area contributed by atoms with Crippen LogP contribution in [-0.4, -0.2) is 29.9 Å². The summed E-state index contributed by atoms with van der Waals surface area (Å²) in [6, 6.07) is 14.6. The average molecular weight is 435 g/mol. The molecule has 6 heteroatoms. The minimum atomic E-state index is -0.562. The maximum absolute atomic E-state index is 12.6. The lowest BCUT2D eigenvalue weighted by atomic mass is 10.1. The van der Waals surface area contributed by atoms with Crippen molar-refractivity contribution in [2.75, 3.05) is 12.0 Å². The van der Waals surface area contributed by atoms with Gasteiger partial charge in [-0.25, -0.2) is 0 Å². The van der Waals surface area contributed by atoms with Crippen molar-refractivity contribution in [2.24, 2.45) is 0 Å². The quantitative estimate of drug-likeness (QED) is 0.661. The highest BCUT2D eigenvalue weighted by atomic mass is 79.9. The predicted molar refractivity (Wildman–Crippen MR) is 111 cm³/mol. The Hall–Kier alpha value is -1.79. The van der Waals surface area contributed by atoms with E-state index in [0.717, 1.165) is 11.3 Å². The first-order valence-electron chi connectivity index (χ1n) is 8.39. The minimum absolute atomic E-state index is 0.167. The summed E-state index contributed by atoms with van der Waals surface area (Å²) in [6.45, 7) is 2.47. The number of benzene rings is 2. The van der Waals surface area contributed by atoms with Crippen LogP contribution in [0.15, 0.2) is 53.0 Å². The molecule has 0 aliphatic carbocycles. The van der Waals surface area contributed by atoms with Gasteiger partial charge in [-0.15, -0.1) is 0 Å². The van der Waals surface area contributed by atoms with E-state index >= 15 is 0 Å². The topological polar surface area (TPSA) is 58.2 Å². The molecular formula is C20H23BrN2O2S. The molecular weight excluding hydrogens is 412 g/mol. The van der Waals surface area contributed by atoms with Crippen LogP contribution in [-0.2, 0) is 11.3 Å². The first-order chi connectivity index (χ1) is 12.5. The zero-order chi connectivity index (χ0) is 18.9. The van der Waals surface area contributed by atoms with Crippen molar-refractivity contribution >= 4 is 39.5 Å². The standard InChI is InChI=1S/C20H23BrN2O2S/c1-14-7-9-15(10-8-14)13-22-20(25)18(11-12-26-2)23-19(24)16-5-3-4-6-17(16)21/h3-10,18H,11-13H2,1-2H3,(H,22,25)(H,23,24)/t18-/m1/s1. The van der Waals surface area contributed by atoms with E-state index in [0.29, 0.717) is 23.0 Å². The molecule has 0 saturated heterocycles. The third kappa shape index (κ3) is 6.18. The van der Waals surface area contributed by atoms with E-state index in [4.69, 9.17) is 0 Å². The Labute approximate surface area is 167 Å². The Kier molecular flexibility index (Phi) is 8.19. The number of amides is 2. The van der Waals surface area contributed by atoms with Crippen molar-refractivity contribution in [1.29, 1.82) is 0 Å². The predicted octanol–water partition coefficient (Wildman–Crippen LogP) is 3.93. The van der Waals surface area contributed by atoms with Crippen LogP contribution in [0.3, 0.4) is 0 Å². The van der Waals surface area contributed by atoms with E-state index in [1.54, 1.807) is 23.9 Å². The van der Waals surface area contributed by atoms with E-state index in [2.05, 4.69) is 26.6 Å². The molecule has 0 spiro atoms. The fourth-order valence-electron chi connectivity index (χ4n) is 2.40. The first-order valence-corrected chi connectivity index (χ1v) is 10.6. The van der Waals surface area contributed by atoms with Gasteiger partial charge in [-0.3, -0.25) is 9.59 Å². The second kappa shape index (κ2) is 10.4. The van der Waals surface area contributed by atoms with Crippen LogP contribution >= 0.6 is 27.7 Å². The third-order valence-electron chi connectivity index (χ3n) is 3.94. The molecule has 0 bridgehead atoms. The Balaban J connectivity index is 2.00. The summed E-state index contributed by atoms with van der Waals surface area (Å²) in [4.78, 5) is 25.1. The molecule has 0 saturated carbocycles. The van der Waals surface area contributed by atoms with Crippen LogP contribution in [0.25, 0.3) is 0 Å². The highest BCUT2D eigenvalue weighted by Gasteiger charge is 2.21. The number of thioether (sulfide) groups is 1. The van der Waals surface area contributed by atoms with Gasteiger partial charge < -0.3 is 10.6 Å². The molecule has 2 aromatic rings. The highest BCUT2D eigenvalue weighted by Crippen LogP contribution is 2.16. The molecule has 0 heterocycles. The molecule has 138 valence electrons. The van der Waals surface area contributed by atoms with E-state index in [1.807, 2.05) is 49.6 Å². The van der Waals surface area contributed by atoms with Gasteiger partial charge in [0.25, 0.3) is 5.91 Å². The number of aryl methyl sites for hydroxylation is 1. The number of carbonyl (C=O) groups excluding carboxylic acids is 2. The lowest BCUT2D eigenvalue weighted by molar-refractivity contribution is -0.123. The monoisotopic (exact) mass is 434 g/mol. The molecule has 4 nitrogen and oxygen atoms in total. The van der Waals surface area contributed by atoms with Crippen molar-refractivity contribution in [1.82, 2.24) is 10.6 Å². The molecule has 2 rings (SSSR count). The number of hydrogen-bond acceptors (Lipinski definition) is 3. The Bertz CT molecular complexity index is 750. The SMILES string of the molecule is CSCC[C@@H](NC(=O)c1ccccc1Br)C(=O)NCc1ccc(C)cc1. The van der Waals surface area contributed by atoms with Crippen LogP contribution < -0.4 is 10.6 Å². The summed E-state index contributed by atoms with van der Waals surface area (Å²) in [6.07, 6.45) is 2.56. The first kappa shape index (κ1) is 20.5. The van der Waals surface area contributed by atoms with Gasteiger partial charge in [0.05, 0.1) is 5.56 Å². The smallest absolute Gasteiger partial charge is 0.253 e. The minimum Gasteiger partial charge on any atom is -0.350 e. The molecule has 0 fully saturated rings. The number of carbonyl (C=O) groups is 2. The summed E-state index contributed by atoms with van der Waals surface area (Å²) in [5.74, 6) is 0.368. The molecule has 2 N–H and O–H groups in total. The fraction of sp³-hybridized carbons (Fsp3) is 0.300. The highest BCUT2D eigenvalue weighted by molar-refractivity contribution is 9.10. The second-order valence-electron chi connectivity index (χ2n) is 5.99.